The molecular weight excluding hydrogens is 316 g/mol. The molecule has 2 heterocycles. The van der Waals surface area contributed by atoms with E-state index in [2.05, 4.69) is 19.2 Å². The minimum absolute atomic E-state index is 0.0363. The second kappa shape index (κ2) is 7.56. The van der Waals surface area contributed by atoms with Crippen molar-refractivity contribution in [3.8, 4) is 0 Å². The fourth-order valence-corrected chi connectivity index (χ4v) is 3.79. The number of amides is 2. The van der Waals surface area contributed by atoms with Crippen molar-refractivity contribution in [2.45, 2.75) is 51.6 Å². The van der Waals surface area contributed by atoms with E-state index < -0.39 is 0 Å². The molecule has 0 unspecified atom stereocenters. The number of carbonyl (C=O) groups excluding carboxylic acids is 2. The van der Waals surface area contributed by atoms with Gasteiger partial charge in [0.1, 0.15) is 0 Å². The molecule has 5 heteroatoms. The first-order valence-corrected chi connectivity index (χ1v) is 9.23. The number of rotatable bonds is 5. The molecule has 1 aromatic carbocycles. The summed E-state index contributed by atoms with van der Waals surface area (Å²) in [4.78, 5) is 26.0. The molecule has 5 nitrogen and oxygen atoms in total. The lowest BCUT2D eigenvalue weighted by Gasteiger charge is -2.35. The number of nitrogens with one attached hydrogen (secondary N) is 1. The van der Waals surface area contributed by atoms with E-state index in [4.69, 9.17) is 4.74 Å². The highest BCUT2D eigenvalue weighted by atomic mass is 16.5. The maximum atomic E-state index is 12.3. The molecule has 0 aromatic heterocycles. The minimum atomic E-state index is -0.0930. The van der Waals surface area contributed by atoms with E-state index in [1.54, 1.807) is 0 Å². The lowest BCUT2D eigenvalue weighted by atomic mass is 9.88. The van der Waals surface area contributed by atoms with Gasteiger partial charge in [-0.1, -0.05) is 12.1 Å². The molecule has 0 bridgehead atoms. The van der Waals surface area contributed by atoms with Crippen molar-refractivity contribution >= 4 is 17.5 Å². The summed E-state index contributed by atoms with van der Waals surface area (Å²) < 4.78 is 5.72. The first kappa shape index (κ1) is 17.9. The van der Waals surface area contributed by atoms with Crippen molar-refractivity contribution in [1.82, 2.24) is 5.32 Å². The summed E-state index contributed by atoms with van der Waals surface area (Å²) in [5.74, 6) is 0.680. The Morgan fingerprint density at radius 1 is 1.40 bits per heavy atom. The molecule has 25 heavy (non-hydrogen) atoms. The van der Waals surface area contributed by atoms with Crippen LogP contribution in [0.25, 0.3) is 0 Å². The largest absolute Gasteiger partial charge is 0.376 e. The Morgan fingerprint density at radius 2 is 2.24 bits per heavy atom. The van der Waals surface area contributed by atoms with Crippen LogP contribution in [0.2, 0.25) is 0 Å². The third-order valence-corrected chi connectivity index (χ3v) is 5.05. The Labute approximate surface area is 149 Å². The van der Waals surface area contributed by atoms with Crippen molar-refractivity contribution < 1.29 is 14.3 Å². The predicted molar refractivity (Wildman–Crippen MR) is 97.5 cm³/mol. The molecule has 1 aromatic rings. The van der Waals surface area contributed by atoms with Crippen LogP contribution in [0, 0.1) is 5.92 Å². The van der Waals surface area contributed by atoms with Gasteiger partial charge in [-0.15, -0.1) is 0 Å². The van der Waals surface area contributed by atoms with Gasteiger partial charge in [0, 0.05) is 31.8 Å². The lowest BCUT2D eigenvalue weighted by molar-refractivity contribution is -0.121. The van der Waals surface area contributed by atoms with Gasteiger partial charge in [-0.3, -0.25) is 9.59 Å². The normalized spacial score (nSPS) is 22.9. The Balaban J connectivity index is 1.52. The highest BCUT2D eigenvalue weighted by Crippen LogP contribution is 2.28. The fraction of sp³-hybridized carbons (Fsp3) is 0.600. The standard InChI is InChI=1S/C20H28N2O3/c1-20(2)13-16(8-10-25-20)14-21-18(23)12-15-5-3-6-17(11-15)22-9-4-7-19(22)24/h3,5-6,11,16H,4,7-10,12-14H2,1-2H3,(H,21,23)/t16-/m1/s1. The smallest absolute Gasteiger partial charge is 0.227 e. The Hall–Kier alpha value is -1.88. The highest BCUT2D eigenvalue weighted by Gasteiger charge is 2.28. The van der Waals surface area contributed by atoms with Crippen LogP contribution in [0.4, 0.5) is 5.69 Å². The number of hydrogen-bond acceptors (Lipinski definition) is 3. The van der Waals surface area contributed by atoms with Gasteiger partial charge in [-0.2, -0.15) is 0 Å². The van der Waals surface area contributed by atoms with Crippen LogP contribution in [-0.4, -0.2) is 37.1 Å². The molecule has 2 fully saturated rings. The molecule has 0 aliphatic carbocycles. The summed E-state index contributed by atoms with van der Waals surface area (Å²) in [7, 11) is 0. The van der Waals surface area contributed by atoms with Gasteiger partial charge in [0.05, 0.1) is 12.0 Å². The quantitative estimate of drug-likeness (QED) is 0.893. The second-order valence-corrected chi connectivity index (χ2v) is 7.77. The van der Waals surface area contributed by atoms with Crippen molar-refractivity contribution in [3.63, 3.8) is 0 Å². The van der Waals surface area contributed by atoms with Gasteiger partial charge in [-0.05, 0) is 56.7 Å². The van der Waals surface area contributed by atoms with E-state index in [1.807, 2.05) is 29.2 Å². The maximum Gasteiger partial charge on any atom is 0.227 e. The van der Waals surface area contributed by atoms with Crippen LogP contribution < -0.4 is 10.2 Å². The number of anilines is 1. The Morgan fingerprint density at radius 3 is 2.96 bits per heavy atom. The lowest BCUT2D eigenvalue weighted by Crippen LogP contribution is -2.39. The average Bonchev–Trinajstić information content (AvgIpc) is 2.98. The molecule has 136 valence electrons. The predicted octanol–water partition coefficient (Wildman–Crippen LogP) is 2.68. The fourth-order valence-electron chi connectivity index (χ4n) is 3.79. The van der Waals surface area contributed by atoms with Crippen molar-refractivity contribution in [1.29, 1.82) is 0 Å². The van der Waals surface area contributed by atoms with Crippen LogP contribution >= 0.6 is 0 Å². The van der Waals surface area contributed by atoms with Crippen LogP contribution in [0.1, 0.15) is 45.1 Å². The number of ether oxygens (including phenoxy) is 1. The number of benzene rings is 1. The molecule has 0 saturated carbocycles. The van der Waals surface area contributed by atoms with Crippen LogP contribution in [0.15, 0.2) is 24.3 Å². The SMILES string of the molecule is CC1(C)C[C@H](CNC(=O)Cc2cccc(N3CCCC3=O)c2)CCO1. The summed E-state index contributed by atoms with van der Waals surface area (Å²) in [6, 6.07) is 7.76. The molecular formula is C20H28N2O3. The third kappa shape index (κ3) is 4.82. The second-order valence-electron chi connectivity index (χ2n) is 7.77. The summed E-state index contributed by atoms with van der Waals surface area (Å²) in [5, 5.41) is 3.06. The summed E-state index contributed by atoms with van der Waals surface area (Å²) in [5.41, 5.74) is 1.76. The Bertz CT molecular complexity index is 642. The first-order chi connectivity index (χ1) is 11.9. The van der Waals surface area contributed by atoms with Crippen molar-refractivity contribution in [3.05, 3.63) is 29.8 Å². The highest BCUT2D eigenvalue weighted by molar-refractivity contribution is 5.95. The number of hydrogen-bond donors (Lipinski definition) is 1. The third-order valence-electron chi connectivity index (χ3n) is 5.05. The van der Waals surface area contributed by atoms with E-state index in [9.17, 15) is 9.59 Å². The maximum absolute atomic E-state index is 12.3. The van der Waals surface area contributed by atoms with Crippen LogP contribution in [-0.2, 0) is 20.7 Å². The van der Waals surface area contributed by atoms with Gasteiger partial charge in [0.25, 0.3) is 0 Å². The first-order valence-electron chi connectivity index (χ1n) is 9.23. The molecule has 1 N–H and O–H groups in total. The molecule has 2 amide bonds. The molecule has 3 rings (SSSR count). The Kier molecular flexibility index (Phi) is 5.42. The number of carbonyl (C=O) groups is 2. The molecule has 2 aliphatic rings. The number of nitrogens with zero attached hydrogens (tertiary/aromatic N) is 1. The van der Waals surface area contributed by atoms with Gasteiger partial charge in [0.15, 0.2) is 0 Å². The zero-order valence-corrected chi connectivity index (χ0v) is 15.2. The van der Waals surface area contributed by atoms with Gasteiger partial charge < -0.3 is 15.0 Å². The van der Waals surface area contributed by atoms with Crippen molar-refractivity contribution in [2.24, 2.45) is 5.92 Å². The van der Waals surface area contributed by atoms with Gasteiger partial charge in [0.2, 0.25) is 11.8 Å². The van der Waals surface area contributed by atoms with Crippen molar-refractivity contribution in [2.75, 3.05) is 24.6 Å². The zero-order chi connectivity index (χ0) is 17.9. The minimum Gasteiger partial charge on any atom is -0.376 e. The molecule has 2 saturated heterocycles. The van der Waals surface area contributed by atoms with E-state index in [-0.39, 0.29) is 17.4 Å². The van der Waals surface area contributed by atoms with Crippen LogP contribution in [0.5, 0.6) is 0 Å². The monoisotopic (exact) mass is 344 g/mol. The zero-order valence-electron chi connectivity index (χ0n) is 15.2. The molecule has 0 spiro atoms. The van der Waals surface area contributed by atoms with E-state index in [0.29, 0.717) is 25.3 Å². The molecule has 0 radical (unpaired) electrons. The summed E-state index contributed by atoms with van der Waals surface area (Å²) >= 11 is 0. The van der Waals surface area contributed by atoms with Gasteiger partial charge in [-0.25, -0.2) is 0 Å². The van der Waals surface area contributed by atoms with Crippen LogP contribution in [0.3, 0.4) is 0 Å². The topological polar surface area (TPSA) is 58.6 Å². The van der Waals surface area contributed by atoms with E-state index >= 15 is 0 Å². The molecule has 1 atom stereocenters. The summed E-state index contributed by atoms with van der Waals surface area (Å²) in [6.07, 6.45) is 3.84. The summed E-state index contributed by atoms with van der Waals surface area (Å²) in [6.45, 7) is 6.45. The average molecular weight is 344 g/mol. The van der Waals surface area contributed by atoms with E-state index in [1.165, 1.54) is 0 Å². The van der Waals surface area contributed by atoms with E-state index in [0.717, 1.165) is 43.7 Å². The molecule has 2 aliphatic heterocycles. The van der Waals surface area contributed by atoms with Gasteiger partial charge >= 0.3 is 0 Å².